The Morgan fingerprint density at radius 2 is 2.33 bits per heavy atom. The van der Waals surface area contributed by atoms with Crippen LogP contribution in [0.3, 0.4) is 0 Å². The van der Waals surface area contributed by atoms with E-state index in [-0.39, 0.29) is 11.9 Å². The molecule has 4 nitrogen and oxygen atoms in total. The predicted octanol–water partition coefficient (Wildman–Crippen LogP) is 1.93. The minimum atomic E-state index is -0.0536. The van der Waals surface area contributed by atoms with E-state index in [4.69, 9.17) is 0 Å². The van der Waals surface area contributed by atoms with E-state index >= 15 is 0 Å². The number of nitrogens with one attached hydrogen (secondary N) is 2. The average molecular weight is 241 g/mol. The molecule has 1 atom stereocenters. The minimum absolute atomic E-state index is 0.0526. The molecule has 1 fully saturated rings. The van der Waals surface area contributed by atoms with Crippen molar-refractivity contribution in [1.29, 1.82) is 0 Å². The molecular weight excluding hydrogens is 226 g/mol. The molecule has 2 aromatic rings. The lowest BCUT2D eigenvalue weighted by atomic mass is 10.1. The Bertz CT molecular complexity index is 571. The Labute approximate surface area is 105 Å². The Hall–Kier alpha value is -1.94. The highest BCUT2D eigenvalue weighted by Crippen LogP contribution is 2.22. The van der Waals surface area contributed by atoms with Gasteiger partial charge in [-0.15, -0.1) is 0 Å². The summed E-state index contributed by atoms with van der Waals surface area (Å²) in [5, 5.41) is 8.26. The molecular formula is C14H15N3O. The summed E-state index contributed by atoms with van der Waals surface area (Å²) in [4.78, 5) is 16.2. The van der Waals surface area contributed by atoms with Crippen LogP contribution < -0.4 is 10.6 Å². The molecule has 3 rings (SSSR count). The monoisotopic (exact) mass is 241 g/mol. The van der Waals surface area contributed by atoms with Crippen LogP contribution in [0.15, 0.2) is 36.7 Å². The molecule has 0 radical (unpaired) electrons. The van der Waals surface area contributed by atoms with Crippen molar-refractivity contribution in [1.82, 2.24) is 10.3 Å². The SMILES string of the molecule is O=C(Nc1cccc2cnccc12)[C@H]1CCCN1. The van der Waals surface area contributed by atoms with E-state index in [1.54, 1.807) is 12.4 Å². The maximum absolute atomic E-state index is 12.1. The molecule has 1 aliphatic rings. The molecule has 0 bridgehead atoms. The van der Waals surface area contributed by atoms with Gasteiger partial charge in [0, 0.05) is 28.9 Å². The lowest BCUT2D eigenvalue weighted by molar-refractivity contribution is -0.117. The highest BCUT2D eigenvalue weighted by atomic mass is 16.2. The Kier molecular flexibility index (Phi) is 2.94. The van der Waals surface area contributed by atoms with Gasteiger partial charge in [0.2, 0.25) is 5.91 Å². The van der Waals surface area contributed by atoms with Crippen molar-refractivity contribution in [2.75, 3.05) is 11.9 Å². The Morgan fingerprint density at radius 1 is 1.39 bits per heavy atom. The van der Waals surface area contributed by atoms with Crippen LogP contribution in [0.25, 0.3) is 10.8 Å². The number of hydrogen-bond donors (Lipinski definition) is 2. The fraction of sp³-hybridized carbons (Fsp3) is 0.286. The third-order valence-electron chi connectivity index (χ3n) is 3.32. The van der Waals surface area contributed by atoms with Gasteiger partial charge in [0.25, 0.3) is 0 Å². The maximum Gasteiger partial charge on any atom is 0.241 e. The topological polar surface area (TPSA) is 54.0 Å². The molecule has 4 heteroatoms. The number of carbonyl (C=O) groups excluding carboxylic acids is 1. The lowest BCUT2D eigenvalue weighted by Gasteiger charge is -2.12. The number of amides is 1. The standard InChI is InChI=1S/C14H15N3O/c18-14(13-5-2-7-16-13)17-12-4-1-3-10-9-15-8-6-11(10)12/h1,3-4,6,8-9,13,16H,2,5,7H2,(H,17,18)/t13-/m1/s1. The molecule has 18 heavy (non-hydrogen) atoms. The van der Waals surface area contributed by atoms with E-state index in [9.17, 15) is 4.79 Å². The second-order valence-corrected chi connectivity index (χ2v) is 4.54. The Morgan fingerprint density at radius 3 is 3.17 bits per heavy atom. The number of rotatable bonds is 2. The zero-order valence-corrected chi connectivity index (χ0v) is 10.0. The number of carbonyl (C=O) groups is 1. The molecule has 1 aromatic heterocycles. The number of fused-ring (bicyclic) bond motifs is 1. The largest absolute Gasteiger partial charge is 0.324 e. The molecule has 1 aromatic carbocycles. The fourth-order valence-corrected chi connectivity index (χ4v) is 2.36. The minimum Gasteiger partial charge on any atom is -0.324 e. The van der Waals surface area contributed by atoms with Crippen LogP contribution in [-0.2, 0) is 4.79 Å². The van der Waals surface area contributed by atoms with Crippen LogP contribution in [0.1, 0.15) is 12.8 Å². The normalized spacial score (nSPS) is 19.0. The quantitative estimate of drug-likeness (QED) is 0.844. The zero-order valence-electron chi connectivity index (χ0n) is 10.0. The van der Waals surface area contributed by atoms with E-state index in [0.29, 0.717) is 0 Å². The first-order valence-electron chi connectivity index (χ1n) is 6.21. The average Bonchev–Trinajstić information content (AvgIpc) is 2.93. The number of pyridine rings is 1. The van der Waals surface area contributed by atoms with Gasteiger partial charge < -0.3 is 10.6 Å². The van der Waals surface area contributed by atoms with Crippen molar-refractivity contribution in [2.45, 2.75) is 18.9 Å². The van der Waals surface area contributed by atoms with Crippen LogP contribution >= 0.6 is 0 Å². The summed E-state index contributed by atoms with van der Waals surface area (Å²) in [7, 11) is 0. The molecule has 1 saturated heterocycles. The van der Waals surface area contributed by atoms with Crippen LogP contribution in [-0.4, -0.2) is 23.5 Å². The number of aromatic nitrogens is 1. The van der Waals surface area contributed by atoms with Crippen LogP contribution in [0, 0.1) is 0 Å². The molecule has 0 aliphatic carbocycles. The zero-order chi connectivity index (χ0) is 12.4. The molecule has 0 unspecified atom stereocenters. The molecule has 2 N–H and O–H groups in total. The molecule has 2 heterocycles. The van der Waals surface area contributed by atoms with Crippen molar-refractivity contribution in [2.24, 2.45) is 0 Å². The second-order valence-electron chi connectivity index (χ2n) is 4.54. The van der Waals surface area contributed by atoms with Crippen molar-refractivity contribution < 1.29 is 4.79 Å². The van der Waals surface area contributed by atoms with Gasteiger partial charge in [0.15, 0.2) is 0 Å². The summed E-state index contributed by atoms with van der Waals surface area (Å²) in [6, 6.07) is 7.72. The van der Waals surface area contributed by atoms with Crippen molar-refractivity contribution in [3.05, 3.63) is 36.7 Å². The van der Waals surface area contributed by atoms with Gasteiger partial charge in [-0.05, 0) is 31.5 Å². The van der Waals surface area contributed by atoms with Gasteiger partial charge >= 0.3 is 0 Å². The first kappa shape index (κ1) is 11.2. The third kappa shape index (κ3) is 2.07. The highest BCUT2D eigenvalue weighted by molar-refractivity contribution is 6.03. The number of anilines is 1. The van der Waals surface area contributed by atoms with Crippen LogP contribution in [0.2, 0.25) is 0 Å². The van der Waals surface area contributed by atoms with Crippen LogP contribution in [0.5, 0.6) is 0 Å². The van der Waals surface area contributed by atoms with E-state index in [1.165, 1.54) is 0 Å². The first-order chi connectivity index (χ1) is 8.84. The highest BCUT2D eigenvalue weighted by Gasteiger charge is 2.22. The van der Waals surface area contributed by atoms with Gasteiger partial charge in [-0.25, -0.2) is 0 Å². The van der Waals surface area contributed by atoms with Gasteiger partial charge in [-0.3, -0.25) is 9.78 Å². The van der Waals surface area contributed by atoms with E-state index < -0.39 is 0 Å². The maximum atomic E-state index is 12.1. The summed E-state index contributed by atoms with van der Waals surface area (Å²) in [5.41, 5.74) is 0.855. The number of hydrogen-bond acceptors (Lipinski definition) is 3. The van der Waals surface area contributed by atoms with Crippen molar-refractivity contribution >= 4 is 22.4 Å². The van der Waals surface area contributed by atoms with Gasteiger partial charge in [-0.2, -0.15) is 0 Å². The lowest BCUT2D eigenvalue weighted by Crippen LogP contribution is -2.35. The molecule has 1 amide bonds. The summed E-state index contributed by atoms with van der Waals surface area (Å²) in [5.74, 6) is 0.0526. The van der Waals surface area contributed by atoms with Gasteiger partial charge in [0.1, 0.15) is 0 Å². The van der Waals surface area contributed by atoms with Gasteiger partial charge in [-0.1, -0.05) is 12.1 Å². The molecule has 0 saturated carbocycles. The first-order valence-corrected chi connectivity index (χ1v) is 6.21. The summed E-state index contributed by atoms with van der Waals surface area (Å²) in [6.07, 6.45) is 5.53. The van der Waals surface area contributed by atoms with E-state index in [2.05, 4.69) is 15.6 Å². The smallest absolute Gasteiger partial charge is 0.241 e. The second kappa shape index (κ2) is 4.74. The number of benzene rings is 1. The van der Waals surface area contributed by atoms with Crippen molar-refractivity contribution in [3.8, 4) is 0 Å². The third-order valence-corrected chi connectivity index (χ3v) is 3.32. The predicted molar refractivity (Wildman–Crippen MR) is 71.4 cm³/mol. The summed E-state index contributed by atoms with van der Waals surface area (Å²) < 4.78 is 0. The van der Waals surface area contributed by atoms with E-state index in [1.807, 2.05) is 24.3 Å². The summed E-state index contributed by atoms with van der Waals surface area (Å²) in [6.45, 7) is 0.928. The van der Waals surface area contributed by atoms with Gasteiger partial charge in [0.05, 0.1) is 6.04 Å². The summed E-state index contributed by atoms with van der Waals surface area (Å²) >= 11 is 0. The number of nitrogens with zero attached hydrogens (tertiary/aromatic N) is 1. The van der Waals surface area contributed by atoms with E-state index in [0.717, 1.165) is 35.8 Å². The molecule has 0 spiro atoms. The van der Waals surface area contributed by atoms with Crippen molar-refractivity contribution in [3.63, 3.8) is 0 Å². The Balaban J connectivity index is 1.88. The molecule has 92 valence electrons. The fourth-order valence-electron chi connectivity index (χ4n) is 2.36. The molecule has 1 aliphatic heterocycles. The van der Waals surface area contributed by atoms with Crippen LogP contribution in [0.4, 0.5) is 5.69 Å².